The zero-order valence-corrected chi connectivity index (χ0v) is 15.3. The highest BCUT2D eigenvalue weighted by Gasteiger charge is 2.45. The fraction of sp³-hybridized carbons (Fsp3) is 0.562. The van der Waals surface area contributed by atoms with Gasteiger partial charge >= 0.3 is 0 Å². The summed E-state index contributed by atoms with van der Waals surface area (Å²) in [6.45, 7) is 1.19. The van der Waals surface area contributed by atoms with Gasteiger partial charge in [-0.25, -0.2) is 0 Å². The summed E-state index contributed by atoms with van der Waals surface area (Å²) in [5.41, 5.74) is 0. The van der Waals surface area contributed by atoms with Gasteiger partial charge in [0.15, 0.2) is 0 Å². The molecular weight excluding hydrogens is 360 g/mol. The lowest BCUT2D eigenvalue weighted by Gasteiger charge is -2.45. The number of carbonyl (C=O) groups excluding carboxylic acids is 3. The van der Waals surface area contributed by atoms with Crippen LogP contribution in [0.1, 0.15) is 4.88 Å². The third-order valence-electron chi connectivity index (χ3n) is 4.89. The number of fused-ring (bicyclic) bond motifs is 1. The molecule has 3 fully saturated rings. The molecule has 3 atom stereocenters. The second-order valence-electron chi connectivity index (χ2n) is 6.45. The Morgan fingerprint density at radius 2 is 2.20 bits per heavy atom. The van der Waals surface area contributed by atoms with E-state index in [4.69, 9.17) is 0 Å². The second-order valence-corrected chi connectivity index (χ2v) is 8.51. The lowest BCUT2D eigenvalue weighted by atomic mass is 10.0. The van der Waals surface area contributed by atoms with Crippen LogP contribution in [0.25, 0.3) is 0 Å². The van der Waals surface area contributed by atoms with Gasteiger partial charge in [0.05, 0.1) is 12.6 Å². The molecule has 2 N–H and O–H groups in total. The van der Waals surface area contributed by atoms with Gasteiger partial charge in [-0.2, -0.15) is 0 Å². The van der Waals surface area contributed by atoms with Gasteiger partial charge in [-0.15, -0.1) is 23.1 Å². The van der Waals surface area contributed by atoms with Crippen molar-refractivity contribution >= 4 is 40.8 Å². The summed E-state index contributed by atoms with van der Waals surface area (Å²) in [4.78, 5) is 42.3. The van der Waals surface area contributed by atoms with Crippen LogP contribution in [0.4, 0.5) is 0 Å². The third-order valence-corrected chi connectivity index (χ3v) is 6.73. The average molecular weight is 380 g/mol. The van der Waals surface area contributed by atoms with Crippen molar-refractivity contribution in [2.24, 2.45) is 0 Å². The summed E-state index contributed by atoms with van der Waals surface area (Å²) >= 11 is 3.28. The Morgan fingerprint density at radius 1 is 1.32 bits per heavy atom. The van der Waals surface area contributed by atoms with E-state index in [2.05, 4.69) is 10.6 Å². The number of nitrogens with zero attached hydrogens (tertiary/aromatic N) is 2. The number of rotatable bonds is 3. The molecule has 0 saturated carbocycles. The Morgan fingerprint density at radius 3 is 2.92 bits per heavy atom. The summed E-state index contributed by atoms with van der Waals surface area (Å²) < 4.78 is 0. The van der Waals surface area contributed by atoms with Crippen molar-refractivity contribution in [3.63, 3.8) is 0 Å². The van der Waals surface area contributed by atoms with Gasteiger partial charge < -0.3 is 15.1 Å². The maximum atomic E-state index is 12.8. The van der Waals surface area contributed by atoms with Crippen molar-refractivity contribution in [1.82, 2.24) is 20.4 Å². The number of carbonyl (C=O) groups is 3. The molecule has 0 unspecified atom stereocenters. The minimum absolute atomic E-state index is 0.0330. The van der Waals surface area contributed by atoms with Gasteiger partial charge in [0.25, 0.3) is 0 Å². The van der Waals surface area contributed by atoms with Crippen LogP contribution >= 0.6 is 23.1 Å². The normalized spacial score (nSPS) is 29.5. The molecule has 3 aliphatic heterocycles. The minimum atomic E-state index is -0.571. The SMILES string of the molecule is O=C1N[C@@H](Cc2cccs2)C(=O)N2CCN(C(=O)[C@@H]3CSCN3)C[C@H]12. The Hall–Kier alpha value is -1.58. The monoisotopic (exact) mass is 380 g/mol. The van der Waals surface area contributed by atoms with Gasteiger partial charge in [0.1, 0.15) is 12.1 Å². The fourth-order valence-electron chi connectivity index (χ4n) is 3.54. The molecule has 1 aromatic rings. The van der Waals surface area contributed by atoms with Gasteiger partial charge in [0.2, 0.25) is 17.7 Å². The molecule has 1 aromatic heterocycles. The smallest absolute Gasteiger partial charge is 0.246 e. The molecule has 3 saturated heterocycles. The highest BCUT2D eigenvalue weighted by molar-refractivity contribution is 7.99. The molecule has 3 amide bonds. The molecule has 7 nitrogen and oxygen atoms in total. The zero-order valence-electron chi connectivity index (χ0n) is 13.6. The summed E-state index contributed by atoms with van der Waals surface area (Å²) in [5.74, 6) is 1.37. The molecule has 0 bridgehead atoms. The summed E-state index contributed by atoms with van der Waals surface area (Å²) in [7, 11) is 0. The number of nitrogens with one attached hydrogen (secondary N) is 2. The van der Waals surface area contributed by atoms with Crippen LogP contribution in [0.15, 0.2) is 17.5 Å². The number of hydrogen-bond acceptors (Lipinski definition) is 6. The molecule has 4 rings (SSSR count). The molecule has 9 heteroatoms. The van der Waals surface area contributed by atoms with Crippen molar-refractivity contribution in [1.29, 1.82) is 0 Å². The predicted molar refractivity (Wildman–Crippen MR) is 96.3 cm³/mol. The minimum Gasteiger partial charge on any atom is -0.342 e. The zero-order chi connectivity index (χ0) is 17.4. The fourth-order valence-corrected chi connectivity index (χ4v) is 5.23. The lowest BCUT2D eigenvalue weighted by molar-refractivity contribution is -0.156. The van der Waals surface area contributed by atoms with Crippen LogP contribution < -0.4 is 10.6 Å². The van der Waals surface area contributed by atoms with Gasteiger partial charge in [-0.05, 0) is 11.4 Å². The summed E-state index contributed by atoms with van der Waals surface area (Å²) in [5, 5.41) is 7.99. The third kappa shape index (κ3) is 3.28. The number of piperazine rings is 2. The number of thiophene rings is 1. The Kier molecular flexibility index (Phi) is 4.70. The first-order valence-corrected chi connectivity index (χ1v) is 10.4. The largest absolute Gasteiger partial charge is 0.342 e. The molecule has 0 aromatic carbocycles. The van der Waals surface area contributed by atoms with Crippen LogP contribution in [0.3, 0.4) is 0 Å². The number of thioether (sulfide) groups is 1. The van der Waals surface area contributed by atoms with Crippen molar-refractivity contribution in [2.75, 3.05) is 31.3 Å². The summed E-state index contributed by atoms with van der Waals surface area (Å²) in [6, 6.07) is 2.67. The van der Waals surface area contributed by atoms with Crippen molar-refractivity contribution in [3.8, 4) is 0 Å². The van der Waals surface area contributed by atoms with Crippen LogP contribution in [0.5, 0.6) is 0 Å². The molecule has 0 radical (unpaired) electrons. The topological polar surface area (TPSA) is 81.8 Å². The van der Waals surface area contributed by atoms with E-state index in [1.165, 1.54) is 0 Å². The lowest BCUT2D eigenvalue weighted by Crippen LogP contribution is -2.70. The maximum absolute atomic E-state index is 12.8. The van der Waals surface area contributed by atoms with E-state index in [-0.39, 0.29) is 30.3 Å². The van der Waals surface area contributed by atoms with E-state index in [1.807, 2.05) is 17.5 Å². The molecular formula is C16H20N4O3S2. The van der Waals surface area contributed by atoms with E-state index in [0.717, 1.165) is 16.5 Å². The average Bonchev–Trinajstić information content (AvgIpc) is 3.32. The molecule has 25 heavy (non-hydrogen) atoms. The van der Waals surface area contributed by atoms with Crippen molar-refractivity contribution in [2.45, 2.75) is 24.5 Å². The molecule has 134 valence electrons. The van der Waals surface area contributed by atoms with E-state index >= 15 is 0 Å². The Labute approximate surface area is 154 Å². The molecule has 0 spiro atoms. The van der Waals surface area contributed by atoms with Crippen LogP contribution in [-0.2, 0) is 20.8 Å². The first kappa shape index (κ1) is 16.9. The second kappa shape index (κ2) is 6.97. The van der Waals surface area contributed by atoms with E-state index < -0.39 is 12.1 Å². The summed E-state index contributed by atoms with van der Waals surface area (Å²) in [6.07, 6.45) is 0.525. The van der Waals surface area contributed by atoms with Crippen LogP contribution in [-0.4, -0.2) is 76.9 Å². The van der Waals surface area contributed by atoms with Crippen molar-refractivity contribution in [3.05, 3.63) is 22.4 Å². The molecule has 4 heterocycles. The standard InChI is InChI=1S/C16H20N4O3S2/c21-14-13-7-19(15(22)12-8-24-9-17-12)3-4-20(13)16(23)11(18-14)6-10-2-1-5-25-10/h1-2,5,11-13,17H,3-4,6-9H2,(H,18,21)/t11-,12-,13+/m0/s1. The van der Waals surface area contributed by atoms with Crippen LogP contribution in [0, 0.1) is 0 Å². The first-order chi connectivity index (χ1) is 12.1. The quantitative estimate of drug-likeness (QED) is 0.738. The highest BCUT2D eigenvalue weighted by atomic mass is 32.2. The Balaban J connectivity index is 1.43. The van der Waals surface area contributed by atoms with Gasteiger partial charge in [-0.1, -0.05) is 6.07 Å². The Bertz CT molecular complexity index is 675. The van der Waals surface area contributed by atoms with Gasteiger partial charge in [0, 0.05) is 36.0 Å². The first-order valence-electron chi connectivity index (χ1n) is 8.36. The van der Waals surface area contributed by atoms with Crippen LogP contribution in [0.2, 0.25) is 0 Å². The number of hydrogen-bond donors (Lipinski definition) is 2. The molecule has 3 aliphatic rings. The predicted octanol–water partition coefficient (Wildman–Crippen LogP) is -0.509. The van der Waals surface area contributed by atoms with E-state index in [0.29, 0.717) is 19.5 Å². The number of amides is 3. The van der Waals surface area contributed by atoms with E-state index in [1.54, 1.807) is 32.9 Å². The molecule has 0 aliphatic carbocycles. The highest BCUT2D eigenvalue weighted by Crippen LogP contribution is 2.21. The maximum Gasteiger partial charge on any atom is 0.246 e. The van der Waals surface area contributed by atoms with Crippen molar-refractivity contribution < 1.29 is 14.4 Å². The van der Waals surface area contributed by atoms with E-state index in [9.17, 15) is 14.4 Å². The van der Waals surface area contributed by atoms with Gasteiger partial charge in [-0.3, -0.25) is 19.7 Å².